The molecule has 0 amide bonds. The summed E-state index contributed by atoms with van der Waals surface area (Å²) in [5.41, 5.74) is 0.00456. The lowest BCUT2D eigenvalue weighted by Crippen LogP contribution is -2.62. The molecule has 0 bridgehead atoms. The van der Waals surface area contributed by atoms with E-state index in [4.69, 9.17) is 9.47 Å². The van der Waals surface area contributed by atoms with Gasteiger partial charge in [0.25, 0.3) is 0 Å². The largest absolute Gasteiger partial charge is 0.391 e. The molecule has 15 heavy (non-hydrogen) atoms. The molecule has 2 rings (SSSR count). The Bertz CT molecular complexity index is 220. The highest BCUT2D eigenvalue weighted by Crippen LogP contribution is 2.25. The summed E-state index contributed by atoms with van der Waals surface area (Å²) in [5, 5.41) is 9.99. The van der Waals surface area contributed by atoms with Gasteiger partial charge in [-0.3, -0.25) is 4.90 Å². The molecule has 2 aliphatic rings. The van der Waals surface area contributed by atoms with E-state index in [1.165, 1.54) is 0 Å². The van der Waals surface area contributed by atoms with Crippen LogP contribution in [0, 0.1) is 0 Å². The van der Waals surface area contributed by atoms with Gasteiger partial charge in [0.05, 0.1) is 32.0 Å². The van der Waals surface area contributed by atoms with Gasteiger partial charge in [0.15, 0.2) is 0 Å². The second-order valence-corrected chi connectivity index (χ2v) is 5.06. The third-order valence-corrected chi connectivity index (χ3v) is 3.40. The van der Waals surface area contributed by atoms with Crippen LogP contribution in [0.5, 0.6) is 0 Å². The standard InChI is InChI=1S/C11H21NO3/c1-11(2)8-15-6-4-12(11)9-7-14-5-3-10(9)13/h9-10,13H,3-8H2,1-2H3. The quantitative estimate of drug-likeness (QED) is 0.680. The number of hydrogen-bond donors (Lipinski definition) is 1. The van der Waals surface area contributed by atoms with Crippen molar-refractivity contribution < 1.29 is 14.6 Å². The number of morpholine rings is 1. The van der Waals surface area contributed by atoms with E-state index in [1.807, 2.05) is 0 Å². The second kappa shape index (κ2) is 4.37. The Morgan fingerprint density at radius 2 is 2.07 bits per heavy atom. The minimum atomic E-state index is -0.254. The second-order valence-electron chi connectivity index (χ2n) is 5.06. The van der Waals surface area contributed by atoms with E-state index >= 15 is 0 Å². The first-order valence-electron chi connectivity index (χ1n) is 5.71. The van der Waals surface area contributed by atoms with Gasteiger partial charge in [-0.1, -0.05) is 0 Å². The van der Waals surface area contributed by atoms with Gasteiger partial charge in [0, 0.05) is 18.7 Å². The van der Waals surface area contributed by atoms with Crippen LogP contribution >= 0.6 is 0 Å². The Hall–Kier alpha value is -0.160. The molecule has 0 radical (unpaired) electrons. The fraction of sp³-hybridized carbons (Fsp3) is 1.00. The van der Waals surface area contributed by atoms with E-state index in [2.05, 4.69) is 18.7 Å². The SMILES string of the molecule is CC1(C)COCCN1C1COCCC1O. The first-order chi connectivity index (χ1) is 7.11. The van der Waals surface area contributed by atoms with Gasteiger partial charge in [0.2, 0.25) is 0 Å². The van der Waals surface area contributed by atoms with E-state index in [-0.39, 0.29) is 17.7 Å². The van der Waals surface area contributed by atoms with Crippen LogP contribution in [0.15, 0.2) is 0 Å². The van der Waals surface area contributed by atoms with Crippen LogP contribution in [-0.2, 0) is 9.47 Å². The first kappa shape index (κ1) is 11.3. The number of ether oxygens (including phenoxy) is 2. The Kier molecular flexibility index (Phi) is 3.30. The van der Waals surface area contributed by atoms with E-state index < -0.39 is 0 Å². The van der Waals surface area contributed by atoms with Crippen molar-refractivity contribution in [1.29, 1.82) is 0 Å². The minimum absolute atomic E-state index is 0.00456. The predicted octanol–water partition coefficient (Wildman–Crippen LogP) is 0.247. The van der Waals surface area contributed by atoms with Crippen molar-refractivity contribution in [3.8, 4) is 0 Å². The topological polar surface area (TPSA) is 41.9 Å². The molecule has 0 aromatic heterocycles. The van der Waals surface area contributed by atoms with Gasteiger partial charge >= 0.3 is 0 Å². The highest BCUT2D eigenvalue weighted by atomic mass is 16.5. The maximum atomic E-state index is 9.99. The molecule has 0 saturated carbocycles. The Labute approximate surface area is 91.2 Å². The Balaban J connectivity index is 2.06. The lowest BCUT2D eigenvalue weighted by molar-refractivity contribution is -0.133. The van der Waals surface area contributed by atoms with Crippen LogP contribution in [0.25, 0.3) is 0 Å². The average molecular weight is 215 g/mol. The molecule has 2 aliphatic heterocycles. The van der Waals surface area contributed by atoms with Crippen molar-refractivity contribution in [3.05, 3.63) is 0 Å². The molecule has 0 aliphatic carbocycles. The van der Waals surface area contributed by atoms with Crippen molar-refractivity contribution in [2.75, 3.05) is 33.0 Å². The highest BCUT2D eigenvalue weighted by molar-refractivity contribution is 4.93. The van der Waals surface area contributed by atoms with Crippen LogP contribution in [0.1, 0.15) is 20.3 Å². The zero-order valence-electron chi connectivity index (χ0n) is 9.61. The maximum absolute atomic E-state index is 9.99. The third-order valence-electron chi connectivity index (χ3n) is 3.40. The zero-order valence-corrected chi connectivity index (χ0v) is 9.61. The number of aliphatic hydroxyl groups is 1. The molecule has 88 valence electrons. The monoisotopic (exact) mass is 215 g/mol. The van der Waals surface area contributed by atoms with Crippen molar-refractivity contribution in [2.24, 2.45) is 0 Å². The zero-order chi connectivity index (χ0) is 10.9. The van der Waals surface area contributed by atoms with Crippen molar-refractivity contribution in [2.45, 2.75) is 38.0 Å². The van der Waals surface area contributed by atoms with Gasteiger partial charge in [-0.25, -0.2) is 0 Å². The van der Waals surface area contributed by atoms with Crippen LogP contribution in [-0.4, -0.2) is 60.7 Å². The van der Waals surface area contributed by atoms with E-state index in [0.717, 1.165) is 26.2 Å². The van der Waals surface area contributed by atoms with Crippen molar-refractivity contribution in [1.82, 2.24) is 4.90 Å². The average Bonchev–Trinajstić information content (AvgIpc) is 2.19. The normalized spacial score (nSPS) is 37.8. The molecule has 4 nitrogen and oxygen atoms in total. The van der Waals surface area contributed by atoms with Crippen LogP contribution in [0.2, 0.25) is 0 Å². The maximum Gasteiger partial charge on any atom is 0.0740 e. The molecule has 0 aromatic rings. The summed E-state index contributed by atoms with van der Waals surface area (Å²) in [4.78, 5) is 2.33. The fourth-order valence-electron chi connectivity index (χ4n) is 2.49. The number of rotatable bonds is 1. The Morgan fingerprint density at radius 1 is 1.27 bits per heavy atom. The van der Waals surface area contributed by atoms with Gasteiger partial charge in [-0.05, 0) is 20.3 Å². The molecule has 2 saturated heterocycles. The summed E-state index contributed by atoms with van der Waals surface area (Å²) in [7, 11) is 0. The van der Waals surface area contributed by atoms with Gasteiger partial charge in [-0.2, -0.15) is 0 Å². The third kappa shape index (κ3) is 2.33. The summed E-state index contributed by atoms with van der Waals surface area (Å²) in [6.07, 6.45) is 0.495. The molecule has 0 aromatic carbocycles. The van der Waals surface area contributed by atoms with E-state index in [9.17, 15) is 5.11 Å². The lowest BCUT2D eigenvalue weighted by Gasteiger charge is -2.48. The summed E-state index contributed by atoms with van der Waals surface area (Å²) in [5.74, 6) is 0. The molecule has 2 unspecified atom stereocenters. The Morgan fingerprint density at radius 3 is 2.73 bits per heavy atom. The predicted molar refractivity (Wildman–Crippen MR) is 56.8 cm³/mol. The van der Waals surface area contributed by atoms with Gasteiger partial charge in [-0.15, -0.1) is 0 Å². The molecule has 0 spiro atoms. The fourth-order valence-corrected chi connectivity index (χ4v) is 2.49. The molecular formula is C11H21NO3. The smallest absolute Gasteiger partial charge is 0.0740 e. The minimum Gasteiger partial charge on any atom is -0.391 e. The number of aliphatic hydroxyl groups excluding tert-OH is 1. The van der Waals surface area contributed by atoms with E-state index in [1.54, 1.807) is 0 Å². The summed E-state index contributed by atoms with van der Waals surface area (Å²) in [6, 6.07) is 0.137. The van der Waals surface area contributed by atoms with E-state index in [0.29, 0.717) is 13.2 Å². The first-order valence-corrected chi connectivity index (χ1v) is 5.71. The molecular weight excluding hydrogens is 194 g/mol. The van der Waals surface area contributed by atoms with Crippen molar-refractivity contribution >= 4 is 0 Å². The van der Waals surface area contributed by atoms with Crippen LogP contribution in [0.4, 0.5) is 0 Å². The number of hydrogen-bond acceptors (Lipinski definition) is 4. The molecule has 1 N–H and O–H groups in total. The molecule has 2 atom stereocenters. The lowest BCUT2D eigenvalue weighted by atomic mass is 9.95. The number of nitrogens with zero attached hydrogens (tertiary/aromatic N) is 1. The molecule has 2 heterocycles. The van der Waals surface area contributed by atoms with Gasteiger partial charge in [0.1, 0.15) is 0 Å². The van der Waals surface area contributed by atoms with Crippen LogP contribution in [0.3, 0.4) is 0 Å². The van der Waals surface area contributed by atoms with Gasteiger partial charge < -0.3 is 14.6 Å². The highest BCUT2D eigenvalue weighted by Gasteiger charge is 2.39. The molecule has 2 fully saturated rings. The van der Waals surface area contributed by atoms with Crippen molar-refractivity contribution in [3.63, 3.8) is 0 Å². The summed E-state index contributed by atoms with van der Waals surface area (Å²) < 4.78 is 10.9. The summed E-state index contributed by atoms with van der Waals surface area (Å²) in [6.45, 7) is 8.02. The molecule has 4 heteroatoms. The van der Waals surface area contributed by atoms with Crippen LogP contribution < -0.4 is 0 Å². The summed E-state index contributed by atoms with van der Waals surface area (Å²) >= 11 is 0.